The number of hydrogen-bond acceptors (Lipinski definition) is 7. The monoisotopic (exact) mass is 368 g/mol. The van der Waals surface area contributed by atoms with Gasteiger partial charge in [0, 0.05) is 13.1 Å². The molecule has 3 rings (SSSR count). The van der Waals surface area contributed by atoms with Gasteiger partial charge in [-0.15, -0.1) is 5.10 Å². The van der Waals surface area contributed by atoms with E-state index in [0.29, 0.717) is 26.3 Å². The first-order valence-electron chi connectivity index (χ1n) is 7.25. The summed E-state index contributed by atoms with van der Waals surface area (Å²) in [6.45, 7) is 3.54. The molecule has 1 fully saturated rings. The SMILES string of the molecule is Cc1ccc(C(=O)N2CCOCC2)c(S(=O)(=O)Nc2csnn2)c1. The van der Waals surface area contributed by atoms with E-state index in [1.807, 2.05) is 0 Å². The summed E-state index contributed by atoms with van der Waals surface area (Å²) in [6.07, 6.45) is 0. The van der Waals surface area contributed by atoms with Crippen LogP contribution in [0.5, 0.6) is 0 Å². The lowest BCUT2D eigenvalue weighted by Crippen LogP contribution is -2.41. The standard InChI is InChI=1S/C14H16N4O4S2/c1-10-2-3-11(14(19)18-4-6-22-7-5-18)12(8-10)24(20,21)16-13-9-23-17-15-13/h2-3,8-9,16H,4-7H2,1H3. The van der Waals surface area contributed by atoms with Gasteiger partial charge in [0.25, 0.3) is 15.9 Å². The van der Waals surface area contributed by atoms with Crippen LogP contribution in [0.2, 0.25) is 0 Å². The Morgan fingerprint density at radius 3 is 2.75 bits per heavy atom. The highest BCUT2D eigenvalue weighted by Gasteiger charge is 2.27. The van der Waals surface area contributed by atoms with Crippen LogP contribution in [0.1, 0.15) is 15.9 Å². The van der Waals surface area contributed by atoms with E-state index >= 15 is 0 Å². The van der Waals surface area contributed by atoms with Gasteiger partial charge in [-0.3, -0.25) is 9.52 Å². The van der Waals surface area contributed by atoms with Crippen molar-refractivity contribution in [1.29, 1.82) is 0 Å². The minimum Gasteiger partial charge on any atom is -0.378 e. The van der Waals surface area contributed by atoms with Crippen molar-refractivity contribution >= 4 is 33.3 Å². The molecule has 1 aliphatic rings. The molecule has 0 spiro atoms. The number of rotatable bonds is 4. The first-order chi connectivity index (χ1) is 11.5. The van der Waals surface area contributed by atoms with Gasteiger partial charge in [-0.25, -0.2) is 8.42 Å². The van der Waals surface area contributed by atoms with Crippen LogP contribution in [-0.4, -0.2) is 55.1 Å². The fourth-order valence-corrected chi connectivity index (χ4v) is 4.10. The van der Waals surface area contributed by atoms with Crippen LogP contribution in [0.25, 0.3) is 0 Å². The molecule has 0 unspecified atom stereocenters. The number of ether oxygens (including phenoxy) is 1. The Kier molecular flexibility index (Phi) is 4.78. The number of carbonyl (C=O) groups is 1. The molecule has 0 saturated carbocycles. The Labute approximate surface area is 143 Å². The second-order valence-electron chi connectivity index (χ2n) is 5.30. The van der Waals surface area contributed by atoms with Crippen LogP contribution >= 0.6 is 11.5 Å². The Bertz CT molecular complexity index is 830. The van der Waals surface area contributed by atoms with Crippen molar-refractivity contribution in [3.63, 3.8) is 0 Å². The number of nitrogens with one attached hydrogen (secondary N) is 1. The van der Waals surface area contributed by atoms with Crippen molar-refractivity contribution in [1.82, 2.24) is 14.5 Å². The van der Waals surface area contributed by atoms with Crippen molar-refractivity contribution < 1.29 is 17.9 Å². The van der Waals surface area contributed by atoms with E-state index in [-0.39, 0.29) is 22.2 Å². The van der Waals surface area contributed by atoms with Crippen LogP contribution in [0.3, 0.4) is 0 Å². The van der Waals surface area contributed by atoms with Crippen molar-refractivity contribution in [3.05, 3.63) is 34.7 Å². The molecule has 2 heterocycles. The zero-order valence-electron chi connectivity index (χ0n) is 12.9. The van der Waals surface area contributed by atoms with E-state index in [1.54, 1.807) is 24.0 Å². The number of nitrogens with zero attached hydrogens (tertiary/aromatic N) is 3. The maximum atomic E-state index is 12.7. The molecule has 1 N–H and O–H groups in total. The predicted molar refractivity (Wildman–Crippen MR) is 88.6 cm³/mol. The van der Waals surface area contributed by atoms with E-state index in [1.165, 1.54) is 11.4 Å². The Hall–Kier alpha value is -2.04. The molecule has 0 aliphatic carbocycles. The zero-order valence-corrected chi connectivity index (χ0v) is 14.6. The Morgan fingerprint density at radius 2 is 2.08 bits per heavy atom. The number of benzene rings is 1. The minimum atomic E-state index is -3.94. The lowest BCUT2D eigenvalue weighted by atomic mass is 10.1. The fraction of sp³-hybridized carbons (Fsp3) is 0.357. The van der Waals surface area contributed by atoms with Gasteiger partial charge in [-0.05, 0) is 36.2 Å². The number of aromatic nitrogens is 2. The smallest absolute Gasteiger partial charge is 0.263 e. The van der Waals surface area contributed by atoms with E-state index in [4.69, 9.17) is 4.74 Å². The predicted octanol–water partition coefficient (Wildman–Crippen LogP) is 1.12. The first kappa shape index (κ1) is 16.8. The summed E-state index contributed by atoms with van der Waals surface area (Å²) in [6, 6.07) is 4.74. The molecule has 0 radical (unpaired) electrons. The van der Waals surface area contributed by atoms with Gasteiger partial charge in [0.2, 0.25) is 0 Å². The maximum Gasteiger partial charge on any atom is 0.263 e. The second kappa shape index (κ2) is 6.83. The maximum absolute atomic E-state index is 12.7. The molecule has 24 heavy (non-hydrogen) atoms. The molecule has 10 heteroatoms. The van der Waals surface area contributed by atoms with Gasteiger partial charge in [0.15, 0.2) is 5.82 Å². The summed E-state index contributed by atoms with van der Waals surface area (Å²) in [5.74, 6) is -0.193. The van der Waals surface area contributed by atoms with Crippen molar-refractivity contribution in [2.45, 2.75) is 11.8 Å². The molecule has 8 nitrogen and oxygen atoms in total. The number of hydrogen-bond donors (Lipinski definition) is 1. The van der Waals surface area contributed by atoms with E-state index in [9.17, 15) is 13.2 Å². The Balaban J connectivity index is 1.97. The highest BCUT2D eigenvalue weighted by atomic mass is 32.2. The van der Waals surface area contributed by atoms with Crippen molar-refractivity contribution in [3.8, 4) is 0 Å². The van der Waals surface area contributed by atoms with Crippen molar-refractivity contribution in [2.75, 3.05) is 31.0 Å². The molecule has 1 amide bonds. The summed E-state index contributed by atoms with van der Waals surface area (Å²) < 4.78 is 36.6. The van der Waals surface area contributed by atoms with Crippen LogP contribution in [0.15, 0.2) is 28.5 Å². The molecular formula is C14H16N4O4S2. The molecule has 1 aromatic carbocycles. The summed E-state index contributed by atoms with van der Waals surface area (Å²) in [5, 5.41) is 5.16. The number of amides is 1. The highest BCUT2D eigenvalue weighted by Crippen LogP contribution is 2.22. The lowest BCUT2D eigenvalue weighted by molar-refractivity contribution is 0.0300. The fourth-order valence-electron chi connectivity index (χ4n) is 2.37. The molecule has 1 aliphatic heterocycles. The minimum absolute atomic E-state index is 0.0630. The average Bonchev–Trinajstić information content (AvgIpc) is 3.07. The summed E-state index contributed by atoms with van der Waals surface area (Å²) in [5.41, 5.74) is 0.878. The topological polar surface area (TPSA) is 101 Å². The van der Waals surface area contributed by atoms with Crippen LogP contribution < -0.4 is 4.72 Å². The van der Waals surface area contributed by atoms with Gasteiger partial charge in [0.05, 0.1) is 24.2 Å². The molecule has 2 aromatic rings. The van der Waals surface area contributed by atoms with Crippen LogP contribution in [0, 0.1) is 6.92 Å². The van der Waals surface area contributed by atoms with Gasteiger partial charge in [-0.2, -0.15) is 0 Å². The molecule has 1 aromatic heterocycles. The van der Waals surface area contributed by atoms with Crippen molar-refractivity contribution in [2.24, 2.45) is 0 Å². The van der Waals surface area contributed by atoms with E-state index in [0.717, 1.165) is 17.1 Å². The molecule has 128 valence electrons. The van der Waals surface area contributed by atoms with Crippen LogP contribution in [-0.2, 0) is 14.8 Å². The number of sulfonamides is 1. The normalized spacial score (nSPS) is 15.3. The molecule has 0 atom stereocenters. The number of morpholine rings is 1. The Morgan fingerprint density at radius 1 is 1.33 bits per heavy atom. The average molecular weight is 368 g/mol. The summed E-state index contributed by atoms with van der Waals surface area (Å²) in [4.78, 5) is 14.3. The number of carbonyl (C=O) groups excluding carboxylic acids is 1. The quantitative estimate of drug-likeness (QED) is 0.868. The third kappa shape index (κ3) is 3.55. The number of anilines is 1. The van der Waals surface area contributed by atoms with E-state index in [2.05, 4.69) is 14.3 Å². The zero-order chi connectivity index (χ0) is 17.2. The number of aryl methyl sites for hydroxylation is 1. The van der Waals surface area contributed by atoms with E-state index < -0.39 is 10.0 Å². The lowest BCUT2D eigenvalue weighted by Gasteiger charge is -2.27. The molecule has 1 saturated heterocycles. The van der Waals surface area contributed by atoms with Gasteiger partial charge in [-0.1, -0.05) is 10.6 Å². The van der Waals surface area contributed by atoms with Gasteiger partial charge >= 0.3 is 0 Å². The van der Waals surface area contributed by atoms with Gasteiger partial charge < -0.3 is 9.64 Å². The summed E-state index contributed by atoms with van der Waals surface area (Å²) in [7, 11) is -3.94. The highest BCUT2D eigenvalue weighted by molar-refractivity contribution is 7.92. The molecule has 0 bridgehead atoms. The molecular weight excluding hydrogens is 352 g/mol. The van der Waals surface area contributed by atoms with Crippen LogP contribution in [0.4, 0.5) is 5.82 Å². The third-order valence-corrected chi connectivity index (χ3v) is 5.45. The summed E-state index contributed by atoms with van der Waals surface area (Å²) >= 11 is 1.03. The largest absolute Gasteiger partial charge is 0.378 e. The second-order valence-corrected chi connectivity index (χ2v) is 7.56. The third-order valence-electron chi connectivity index (χ3n) is 3.55. The first-order valence-corrected chi connectivity index (χ1v) is 9.57. The van der Waals surface area contributed by atoms with Gasteiger partial charge in [0.1, 0.15) is 4.90 Å².